The number of hydrogen-bond donors (Lipinski definition) is 0. The van der Waals surface area contributed by atoms with E-state index in [0.29, 0.717) is 6.61 Å². The standard InChI is InChI=1S/C20H21NO/c1-21(16-17-7-3-2-4-8-17)13-14-22-20-12-11-18-9-5-6-10-19(18)15-20/h2-12,15H,13-14,16H2,1H3. The first-order valence-electron chi connectivity index (χ1n) is 7.65. The molecule has 0 unspecified atom stereocenters. The van der Waals surface area contributed by atoms with Crippen molar-refractivity contribution in [1.82, 2.24) is 4.90 Å². The Hall–Kier alpha value is -2.32. The monoisotopic (exact) mass is 291 g/mol. The number of fused-ring (bicyclic) bond motifs is 1. The van der Waals surface area contributed by atoms with Gasteiger partial charge in [0, 0.05) is 13.1 Å². The van der Waals surface area contributed by atoms with Crippen molar-refractivity contribution in [3.8, 4) is 5.75 Å². The van der Waals surface area contributed by atoms with Crippen LogP contribution in [0.1, 0.15) is 5.56 Å². The third kappa shape index (κ3) is 3.86. The van der Waals surface area contributed by atoms with Gasteiger partial charge in [-0.3, -0.25) is 4.90 Å². The molecule has 0 fully saturated rings. The SMILES string of the molecule is CN(CCOc1ccc2ccccc2c1)Cc1ccccc1. The smallest absolute Gasteiger partial charge is 0.120 e. The molecule has 0 aliphatic heterocycles. The van der Waals surface area contributed by atoms with Crippen LogP contribution in [0.25, 0.3) is 10.8 Å². The van der Waals surface area contributed by atoms with Crippen molar-refractivity contribution < 1.29 is 4.74 Å². The summed E-state index contributed by atoms with van der Waals surface area (Å²) in [6.07, 6.45) is 0. The molecule has 0 saturated heterocycles. The number of hydrogen-bond acceptors (Lipinski definition) is 2. The van der Waals surface area contributed by atoms with Crippen LogP contribution in [0, 0.1) is 0 Å². The fraction of sp³-hybridized carbons (Fsp3) is 0.200. The number of benzene rings is 3. The molecule has 0 aromatic heterocycles. The summed E-state index contributed by atoms with van der Waals surface area (Å²) in [5.41, 5.74) is 1.33. The average molecular weight is 291 g/mol. The highest BCUT2D eigenvalue weighted by Crippen LogP contribution is 2.20. The van der Waals surface area contributed by atoms with Gasteiger partial charge in [-0.25, -0.2) is 0 Å². The summed E-state index contributed by atoms with van der Waals surface area (Å²) in [6.45, 7) is 2.55. The number of ether oxygens (including phenoxy) is 1. The Labute approximate surface area is 132 Å². The summed E-state index contributed by atoms with van der Waals surface area (Å²) < 4.78 is 5.88. The number of nitrogens with zero attached hydrogens (tertiary/aromatic N) is 1. The Bertz CT molecular complexity index is 724. The summed E-state index contributed by atoms with van der Waals surface area (Å²) in [4.78, 5) is 2.27. The third-order valence-corrected chi connectivity index (χ3v) is 3.76. The Morgan fingerprint density at radius 3 is 2.36 bits per heavy atom. The van der Waals surface area contributed by atoms with Gasteiger partial charge in [-0.05, 0) is 35.5 Å². The highest BCUT2D eigenvalue weighted by Gasteiger charge is 2.01. The molecule has 112 valence electrons. The van der Waals surface area contributed by atoms with Crippen molar-refractivity contribution in [3.05, 3.63) is 78.4 Å². The van der Waals surface area contributed by atoms with Crippen molar-refractivity contribution in [2.75, 3.05) is 20.2 Å². The topological polar surface area (TPSA) is 12.5 Å². The molecule has 0 radical (unpaired) electrons. The highest BCUT2D eigenvalue weighted by atomic mass is 16.5. The number of rotatable bonds is 6. The molecule has 2 heteroatoms. The molecule has 3 aromatic rings. The van der Waals surface area contributed by atoms with E-state index in [1.54, 1.807) is 0 Å². The molecule has 0 heterocycles. The van der Waals surface area contributed by atoms with Gasteiger partial charge in [-0.1, -0.05) is 60.7 Å². The van der Waals surface area contributed by atoms with Crippen LogP contribution < -0.4 is 4.74 Å². The molecule has 0 bridgehead atoms. The van der Waals surface area contributed by atoms with Gasteiger partial charge >= 0.3 is 0 Å². The number of likely N-dealkylation sites (N-methyl/N-ethyl adjacent to an activating group) is 1. The van der Waals surface area contributed by atoms with Gasteiger partial charge in [-0.15, -0.1) is 0 Å². The van der Waals surface area contributed by atoms with E-state index in [0.717, 1.165) is 18.8 Å². The normalized spacial score (nSPS) is 11.0. The van der Waals surface area contributed by atoms with Crippen molar-refractivity contribution >= 4 is 10.8 Å². The molecule has 3 rings (SSSR count). The minimum absolute atomic E-state index is 0.696. The van der Waals surface area contributed by atoms with Crippen molar-refractivity contribution in [2.24, 2.45) is 0 Å². The zero-order chi connectivity index (χ0) is 15.2. The fourth-order valence-electron chi connectivity index (χ4n) is 2.55. The lowest BCUT2D eigenvalue weighted by Crippen LogP contribution is -2.23. The Morgan fingerprint density at radius 1 is 0.818 bits per heavy atom. The molecule has 0 aliphatic carbocycles. The molecule has 0 aliphatic rings. The maximum atomic E-state index is 5.88. The van der Waals surface area contributed by atoms with Crippen molar-refractivity contribution in [3.63, 3.8) is 0 Å². The zero-order valence-electron chi connectivity index (χ0n) is 12.9. The second kappa shape index (κ2) is 7.10. The van der Waals surface area contributed by atoms with Crippen molar-refractivity contribution in [2.45, 2.75) is 6.54 Å². The van der Waals surface area contributed by atoms with Crippen LogP contribution in [0.4, 0.5) is 0 Å². The van der Waals surface area contributed by atoms with Crippen LogP contribution >= 0.6 is 0 Å². The van der Waals surface area contributed by atoms with Gasteiger partial charge < -0.3 is 4.74 Å². The summed E-state index contributed by atoms with van der Waals surface area (Å²) in [5.74, 6) is 0.937. The van der Waals surface area contributed by atoms with Gasteiger partial charge in [0.15, 0.2) is 0 Å². The van der Waals surface area contributed by atoms with Crippen LogP contribution in [-0.4, -0.2) is 25.1 Å². The van der Waals surface area contributed by atoms with Gasteiger partial charge in [0.25, 0.3) is 0 Å². The third-order valence-electron chi connectivity index (χ3n) is 3.76. The minimum Gasteiger partial charge on any atom is -0.492 e. The fourth-order valence-corrected chi connectivity index (χ4v) is 2.55. The predicted molar refractivity (Wildman–Crippen MR) is 92.2 cm³/mol. The first kappa shape index (κ1) is 14.6. The molecular weight excluding hydrogens is 270 g/mol. The van der Waals surface area contributed by atoms with Crippen LogP contribution in [0.5, 0.6) is 5.75 Å². The first-order valence-corrected chi connectivity index (χ1v) is 7.65. The van der Waals surface area contributed by atoms with Crippen LogP contribution in [0.2, 0.25) is 0 Å². The minimum atomic E-state index is 0.696. The van der Waals surface area contributed by atoms with Gasteiger partial charge in [0.05, 0.1) is 0 Å². The summed E-state index contributed by atoms with van der Waals surface area (Å²) >= 11 is 0. The van der Waals surface area contributed by atoms with Crippen molar-refractivity contribution in [1.29, 1.82) is 0 Å². The van der Waals surface area contributed by atoms with E-state index < -0.39 is 0 Å². The van der Waals surface area contributed by atoms with Gasteiger partial charge in [0.1, 0.15) is 12.4 Å². The molecule has 0 amide bonds. The Balaban J connectivity index is 1.51. The molecule has 2 nitrogen and oxygen atoms in total. The van der Waals surface area contributed by atoms with Gasteiger partial charge in [0.2, 0.25) is 0 Å². The van der Waals surface area contributed by atoms with E-state index in [9.17, 15) is 0 Å². The largest absolute Gasteiger partial charge is 0.492 e. The maximum absolute atomic E-state index is 5.88. The Morgan fingerprint density at radius 2 is 1.55 bits per heavy atom. The van der Waals surface area contributed by atoms with Crippen LogP contribution in [0.15, 0.2) is 72.8 Å². The summed E-state index contributed by atoms with van der Waals surface area (Å²) in [6, 6.07) is 25.1. The summed E-state index contributed by atoms with van der Waals surface area (Å²) in [7, 11) is 2.12. The lowest BCUT2D eigenvalue weighted by Gasteiger charge is -2.17. The second-order valence-electron chi connectivity index (χ2n) is 5.58. The summed E-state index contributed by atoms with van der Waals surface area (Å²) in [5, 5.41) is 2.47. The average Bonchev–Trinajstić information content (AvgIpc) is 2.55. The lowest BCUT2D eigenvalue weighted by atomic mass is 10.1. The van der Waals surface area contributed by atoms with E-state index in [1.165, 1.54) is 16.3 Å². The first-order chi connectivity index (χ1) is 10.8. The van der Waals surface area contributed by atoms with Crippen LogP contribution in [0.3, 0.4) is 0 Å². The van der Waals surface area contributed by atoms with E-state index in [1.807, 2.05) is 12.1 Å². The van der Waals surface area contributed by atoms with E-state index in [-0.39, 0.29) is 0 Å². The maximum Gasteiger partial charge on any atom is 0.120 e. The van der Waals surface area contributed by atoms with E-state index >= 15 is 0 Å². The van der Waals surface area contributed by atoms with Crippen LogP contribution in [-0.2, 0) is 6.54 Å². The predicted octanol–water partition coefficient (Wildman–Crippen LogP) is 4.35. The molecule has 0 atom stereocenters. The highest BCUT2D eigenvalue weighted by molar-refractivity contribution is 5.83. The quantitative estimate of drug-likeness (QED) is 0.669. The lowest BCUT2D eigenvalue weighted by molar-refractivity contribution is 0.233. The van der Waals surface area contributed by atoms with E-state index in [4.69, 9.17) is 4.74 Å². The zero-order valence-corrected chi connectivity index (χ0v) is 12.9. The molecule has 0 spiro atoms. The van der Waals surface area contributed by atoms with Gasteiger partial charge in [-0.2, -0.15) is 0 Å². The van der Waals surface area contributed by atoms with E-state index in [2.05, 4.69) is 72.6 Å². The molecule has 22 heavy (non-hydrogen) atoms. The Kier molecular flexibility index (Phi) is 4.71. The molecule has 0 saturated carbocycles. The molecular formula is C20H21NO. The molecule has 3 aromatic carbocycles. The second-order valence-corrected chi connectivity index (χ2v) is 5.58. The molecule has 0 N–H and O–H groups in total.